The van der Waals surface area contributed by atoms with E-state index in [4.69, 9.17) is 0 Å². The third-order valence-electron chi connectivity index (χ3n) is 2.85. The minimum absolute atomic E-state index is 0.149. The van der Waals surface area contributed by atoms with Crippen LogP contribution in [0.1, 0.15) is 34.6 Å². The molecule has 1 aromatic rings. The zero-order valence-corrected chi connectivity index (χ0v) is 10.6. The summed E-state index contributed by atoms with van der Waals surface area (Å²) < 4.78 is 0. The predicted molar refractivity (Wildman–Crippen MR) is 66.2 cm³/mol. The summed E-state index contributed by atoms with van der Waals surface area (Å²) in [7, 11) is 1.83. The van der Waals surface area contributed by atoms with E-state index in [1.54, 1.807) is 0 Å². The van der Waals surface area contributed by atoms with E-state index in [9.17, 15) is 4.79 Å². The summed E-state index contributed by atoms with van der Waals surface area (Å²) >= 11 is 1.45. The molecular weight excluding hydrogens is 222 g/mol. The first kappa shape index (κ1) is 11.4. The van der Waals surface area contributed by atoms with Gasteiger partial charge < -0.3 is 10.2 Å². The quantitative estimate of drug-likeness (QED) is 0.860. The first-order chi connectivity index (χ1) is 7.72. The summed E-state index contributed by atoms with van der Waals surface area (Å²) in [5, 5.41) is 3.80. The lowest BCUT2D eigenvalue weighted by atomic mass is 10.1. The number of carbonyl (C=O) groups excluding carboxylic acids is 1. The summed E-state index contributed by atoms with van der Waals surface area (Å²) in [5.74, 6) is 0.149. The number of anilines is 1. The molecule has 2 rings (SSSR count). The topological polar surface area (TPSA) is 45.2 Å². The second-order valence-electron chi connectivity index (χ2n) is 4.04. The third kappa shape index (κ3) is 2.19. The molecule has 0 unspecified atom stereocenters. The van der Waals surface area contributed by atoms with E-state index in [0.717, 1.165) is 41.6 Å². The Morgan fingerprint density at radius 2 is 2.06 bits per heavy atom. The average molecular weight is 239 g/mol. The highest BCUT2D eigenvalue weighted by Gasteiger charge is 2.22. The van der Waals surface area contributed by atoms with Crippen LogP contribution in [0.4, 0.5) is 5.13 Å². The fraction of sp³-hybridized carbons (Fsp3) is 0.636. The number of piperidine rings is 1. The van der Waals surface area contributed by atoms with Crippen LogP contribution in [0.15, 0.2) is 0 Å². The van der Waals surface area contributed by atoms with E-state index in [2.05, 4.69) is 10.3 Å². The van der Waals surface area contributed by atoms with Crippen molar-refractivity contribution in [2.24, 2.45) is 0 Å². The molecule has 0 aliphatic carbocycles. The Morgan fingerprint density at radius 3 is 2.62 bits per heavy atom. The highest BCUT2D eigenvalue weighted by molar-refractivity contribution is 7.17. The van der Waals surface area contributed by atoms with Crippen molar-refractivity contribution in [1.29, 1.82) is 0 Å². The fourth-order valence-corrected chi connectivity index (χ4v) is 2.83. The van der Waals surface area contributed by atoms with Gasteiger partial charge in [-0.1, -0.05) is 11.3 Å². The first-order valence-electron chi connectivity index (χ1n) is 5.67. The maximum atomic E-state index is 12.2. The van der Waals surface area contributed by atoms with Gasteiger partial charge in [0.25, 0.3) is 5.91 Å². The van der Waals surface area contributed by atoms with Crippen LogP contribution < -0.4 is 5.32 Å². The van der Waals surface area contributed by atoms with E-state index in [1.807, 2.05) is 18.9 Å². The summed E-state index contributed by atoms with van der Waals surface area (Å²) in [4.78, 5) is 19.3. The molecule has 0 atom stereocenters. The Labute approximate surface area is 99.7 Å². The van der Waals surface area contributed by atoms with Crippen LogP contribution in [0, 0.1) is 6.92 Å². The highest BCUT2D eigenvalue weighted by Crippen LogP contribution is 2.24. The second-order valence-corrected chi connectivity index (χ2v) is 5.04. The van der Waals surface area contributed by atoms with Gasteiger partial charge in [-0.25, -0.2) is 4.98 Å². The number of nitrogens with one attached hydrogen (secondary N) is 1. The maximum absolute atomic E-state index is 12.2. The Balaban J connectivity index is 2.15. The molecule has 0 spiro atoms. The number of rotatable bonds is 2. The van der Waals surface area contributed by atoms with Gasteiger partial charge in [-0.15, -0.1) is 0 Å². The van der Waals surface area contributed by atoms with Crippen LogP contribution in [-0.2, 0) is 0 Å². The first-order valence-corrected chi connectivity index (χ1v) is 6.48. The predicted octanol–water partition coefficient (Wildman–Crippen LogP) is 2.12. The zero-order valence-electron chi connectivity index (χ0n) is 9.75. The van der Waals surface area contributed by atoms with Crippen molar-refractivity contribution >= 4 is 22.4 Å². The van der Waals surface area contributed by atoms with Crippen molar-refractivity contribution in [3.63, 3.8) is 0 Å². The van der Waals surface area contributed by atoms with E-state index < -0.39 is 0 Å². The average Bonchev–Trinajstić information content (AvgIpc) is 2.71. The number of amides is 1. The second kappa shape index (κ2) is 4.82. The summed E-state index contributed by atoms with van der Waals surface area (Å²) in [6, 6.07) is 0. The summed E-state index contributed by atoms with van der Waals surface area (Å²) in [6.45, 7) is 3.69. The molecule has 1 aliphatic rings. The van der Waals surface area contributed by atoms with Gasteiger partial charge in [-0.2, -0.15) is 0 Å². The molecule has 2 heterocycles. The van der Waals surface area contributed by atoms with Crippen LogP contribution in [0.2, 0.25) is 0 Å². The normalized spacial score (nSPS) is 16.2. The monoisotopic (exact) mass is 239 g/mol. The molecule has 0 aromatic carbocycles. The summed E-state index contributed by atoms with van der Waals surface area (Å²) in [5.41, 5.74) is 0.838. The number of aromatic nitrogens is 1. The van der Waals surface area contributed by atoms with Gasteiger partial charge in [0.1, 0.15) is 4.88 Å². The van der Waals surface area contributed by atoms with Crippen molar-refractivity contribution < 1.29 is 4.79 Å². The fourth-order valence-electron chi connectivity index (χ4n) is 1.94. The molecule has 1 saturated heterocycles. The number of carbonyl (C=O) groups is 1. The molecule has 5 heteroatoms. The Hall–Kier alpha value is -1.10. The molecule has 1 amide bonds. The van der Waals surface area contributed by atoms with Crippen LogP contribution in [-0.4, -0.2) is 35.9 Å². The number of hydrogen-bond donors (Lipinski definition) is 1. The molecule has 0 saturated carbocycles. The van der Waals surface area contributed by atoms with Crippen LogP contribution >= 0.6 is 11.3 Å². The van der Waals surface area contributed by atoms with Gasteiger partial charge in [0.2, 0.25) is 0 Å². The molecular formula is C11H17N3OS. The van der Waals surface area contributed by atoms with Gasteiger partial charge in [0.15, 0.2) is 5.13 Å². The highest BCUT2D eigenvalue weighted by atomic mass is 32.1. The minimum Gasteiger partial charge on any atom is -0.365 e. The Kier molecular flexibility index (Phi) is 3.43. The molecule has 1 aliphatic heterocycles. The molecule has 88 valence electrons. The Morgan fingerprint density at radius 1 is 1.38 bits per heavy atom. The van der Waals surface area contributed by atoms with Crippen LogP contribution in [0.5, 0.6) is 0 Å². The van der Waals surface area contributed by atoms with E-state index >= 15 is 0 Å². The molecule has 4 nitrogen and oxygen atoms in total. The molecule has 1 aromatic heterocycles. The van der Waals surface area contributed by atoms with Gasteiger partial charge in [0, 0.05) is 20.1 Å². The zero-order chi connectivity index (χ0) is 11.5. The van der Waals surface area contributed by atoms with Crippen LogP contribution in [0.3, 0.4) is 0 Å². The number of nitrogens with zero attached hydrogens (tertiary/aromatic N) is 2. The van der Waals surface area contributed by atoms with E-state index in [-0.39, 0.29) is 5.91 Å². The molecule has 0 bridgehead atoms. The third-order valence-corrected chi connectivity index (χ3v) is 4.01. The smallest absolute Gasteiger partial charge is 0.265 e. The van der Waals surface area contributed by atoms with Gasteiger partial charge in [0.05, 0.1) is 5.69 Å². The number of hydrogen-bond acceptors (Lipinski definition) is 4. The number of aryl methyl sites for hydroxylation is 1. The van der Waals surface area contributed by atoms with Crippen molar-refractivity contribution in [1.82, 2.24) is 9.88 Å². The molecule has 1 N–H and O–H groups in total. The lowest BCUT2D eigenvalue weighted by Gasteiger charge is -2.26. The number of likely N-dealkylation sites (tertiary alicyclic amines) is 1. The van der Waals surface area contributed by atoms with Crippen molar-refractivity contribution in [2.45, 2.75) is 26.2 Å². The SMILES string of the molecule is CNc1nc(C)c(C(=O)N2CCCCC2)s1. The van der Waals surface area contributed by atoms with Crippen molar-refractivity contribution in [3.05, 3.63) is 10.6 Å². The summed E-state index contributed by atoms with van der Waals surface area (Å²) in [6.07, 6.45) is 3.50. The van der Waals surface area contributed by atoms with Gasteiger partial charge in [-0.3, -0.25) is 4.79 Å². The maximum Gasteiger partial charge on any atom is 0.265 e. The van der Waals surface area contributed by atoms with Crippen molar-refractivity contribution in [3.8, 4) is 0 Å². The largest absolute Gasteiger partial charge is 0.365 e. The lowest BCUT2D eigenvalue weighted by Crippen LogP contribution is -2.35. The standard InChI is InChI=1S/C11H17N3OS/c1-8-9(16-11(12-2)13-8)10(15)14-6-4-3-5-7-14/h3-7H2,1-2H3,(H,12,13). The minimum atomic E-state index is 0.149. The van der Waals surface area contributed by atoms with Gasteiger partial charge >= 0.3 is 0 Å². The van der Waals surface area contributed by atoms with E-state index in [0.29, 0.717) is 0 Å². The van der Waals surface area contributed by atoms with Crippen molar-refractivity contribution in [2.75, 3.05) is 25.5 Å². The van der Waals surface area contributed by atoms with Crippen LogP contribution in [0.25, 0.3) is 0 Å². The molecule has 16 heavy (non-hydrogen) atoms. The lowest BCUT2D eigenvalue weighted by molar-refractivity contribution is 0.0728. The number of thiazole rings is 1. The molecule has 1 fully saturated rings. The molecule has 0 radical (unpaired) electrons. The van der Waals surface area contributed by atoms with Gasteiger partial charge in [-0.05, 0) is 26.2 Å². The Bertz CT molecular complexity index is 383. The van der Waals surface area contributed by atoms with E-state index in [1.165, 1.54) is 17.8 Å².